The third kappa shape index (κ3) is 2.21. The number of halogens is 2. The van der Waals surface area contributed by atoms with Gasteiger partial charge >= 0.3 is 5.97 Å². The average Bonchev–Trinajstić information content (AvgIpc) is 2.73. The van der Waals surface area contributed by atoms with E-state index >= 15 is 0 Å². The van der Waals surface area contributed by atoms with Crippen molar-refractivity contribution in [1.82, 2.24) is 9.55 Å². The molecule has 2 rings (SSSR count). The van der Waals surface area contributed by atoms with Crippen LogP contribution in [0.3, 0.4) is 0 Å². The minimum absolute atomic E-state index is 0.0735. The number of nitrogens with zero attached hydrogens (tertiary/aromatic N) is 2. The number of hydrogen-bond acceptors (Lipinski definition) is 4. The van der Waals surface area contributed by atoms with Crippen LogP contribution >= 0.6 is 27.5 Å². The molecular weight excluding hydrogens is 321 g/mol. The van der Waals surface area contributed by atoms with E-state index in [1.54, 1.807) is 22.8 Å². The summed E-state index contributed by atoms with van der Waals surface area (Å²) in [6.07, 6.45) is 1.44. The second-order valence-corrected chi connectivity index (χ2v) is 4.73. The maximum Gasteiger partial charge on any atom is 0.360 e. The van der Waals surface area contributed by atoms with Crippen LogP contribution < -0.4 is 5.73 Å². The Bertz CT molecular complexity index is 612. The molecule has 0 radical (unpaired) electrons. The fourth-order valence-electron chi connectivity index (χ4n) is 1.47. The van der Waals surface area contributed by atoms with Crippen molar-refractivity contribution < 1.29 is 9.53 Å². The smallest absolute Gasteiger partial charge is 0.360 e. The summed E-state index contributed by atoms with van der Waals surface area (Å²) in [7, 11) is 1.27. The number of anilines is 1. The normalized spacial score (nSPS) is 10.4. The van der Waals surface area contributed by atoms with Gasteiger partial charge in [-0.15, -0.1) is 0 Å². The first-order chi connectivity index (χ1) is 8.54. The summed E-state index contributed by atoms with van der Waals surface area (Å²) < 4.78 is 6.93. The molecule has 1 heterocycles. The summed E-state index contributed by atoms with van der Waals surface area (Å²) in [6, 6.07) is 5.24. The van der Waals surface area contributed by atoms with Gasteiger partial charge < -0.3 is 10.5 Å². The number of benzene rings is 1. The first-order valence-electron chi connectivity index (χ1n) is 4.91. The highest BCUT2D eigenvalue weighted by molar-refractivity contribution is 9.10. The monoisotopic (exact) mass is 329 g/mol. The number of nitrogens with two attached hydrogens (primary N) is 1. The molecule has 1 aromatic heterocycles. The molecule has 0 aliphatic rings. The molecule has 2 N–H and O–H groups in total. The quantitative estimate of drug-likeness (QED) is 0.859. The number of hydrogen-bond donors (Lipinski definition) is 1. The minimum atomic E-state index is -0.579. The van der Waals surface area contributed by atoms with Crippen LogP contribution in [0.2, 0.25) is 5.02 Å². The lowest BCUT2D eigenvalue weighted by Gasteiger charge is -2.08. The molecular formula is C11H9BrClN3O2. The second-order valence-electron chi connectivity index (χ2n) is 3.44. The number of rotatable bonds is 2. The van der Waals surface area contributed by atoms with Gasteiger partial charge in [0.2, 0.25) is 0 Å². The minimum Gasteiger partial charge on any atom is -0.464 e. The van der Waals surface area contributed by atoms with Crippen LogP contribution in [0, 0.1) is 0 Å². The standard InChI is InChI=1S/C11H9BrClN3O2/c1-18-11(17)9-10(14)16(5-15-9)8-4-6(13)2-3-7(8)12/h2-5H,14H2,1H3. The number of carbonyl (C=O) groups is 1. The molecule has 1 aromatic carbocycles. The predicted molar refractivity (Wildman–Crippen MR) is 72.0 cm³/mol. The number of imidazole rings is 1. The third-order valence-electron chi connectivity index (χ3n) is 2.35. The zero-order chi connectivity index (χ0) is 13.3. The highest BCUT2D eigenvalue weighted by Gasteiger charge is 2.18. The number of carbonyl (C=O) groups excluding carboxylic acids is 1. The molecule has 0 unspecified atom stereocenters. The molecule has 0 saturated carbocycles. The first kappa shape index (κ1) is 12.9. The summed E-state index contributed by atoms with van der Waals surface area (Å²) >= 11 is 9.31. The number of methoxy groups -OCH3 is 1. The van der Waals surface area contributed by atoms with Crippen molar-refractivity contribution in [3.63, 3.8) is 0 Å². The molecule has 94 valence electrons. The summed E-state index contributed by atoms with van der Waals surface area (Å²) in [5.41, 5.74) is 6.64. The van der Waals surface area contributed by atoms with Gasteiger partial charge in [0.1, 0.15) is 12.1 Å². The highest BCUT2D eigenvalue weighted by atomic mass is 79.9. The van der Waals surface area contributed by atoms with Crippen molar-refractivity contribution >= 4 is 39.3 Å². The van der Waals surface area contributed by atoms with Gasteiger partial charge in [-0.3, -0.25) is 4.57 Å². The van der Waals surface area contributed by atoms with E-state index in [1.807, 2.05) is 0 Å². The topological polar surface area (TPSA) is 70.1 Å². The summed E-state index contributed by atoms with van der Waals surface area (Å²) in [5, 5.41) is 0.556. The lowest BCUT2D eigenvalue weighted by Crippen LogP contribution is -2.07. The predicted octanol–water partition coefficient (Wildman–Crippen LogP) is 2.66. The first-order valence-corrected chi connectivity index (χ1v) is 6.08. The van der Waals surface area contributed by atoms with Crippen molar-refractivity contribution in [2.45, 2.75) is 0 Å². The Labute approximate surface area is 117 Å². The maximum atomic E-state index is 11.4. The highest BCUT2D eigenvalue weighted by Crippen LogP contribution is 2.27. The molecule has 0 amide bonds. The van der Waals surface area contributed by atoms with Crippen molar-refractivity contribution in [2.75, 3.05) is 12.8 Å². The zero-order valence-corrected chi connectivity index (χ0v) is 11.7. The van der Waals surface area contributed by atoms with Crippen molar-refractivity contribution in [3.8, 4) is 5.69 Å². The molecule has 0 fully saturated rings. The molecule has 2 aromatic rings. The maximum absolute atomic E-state index is 11.4. The molecule has 0 bridgehead atoms. The number of aromatic nitrogens is 2. The lowest BCUT2D eigenvalue weighted by molar-refractivity contribution is 0.0596. The van der Waals surface area contributed by atoms with Gasteiger partial charge in [0.15, 0.2) is 5.69 Å². The van der Waals surface area contributed by atoms with E-state index in [1.165, 1.54) is 13.4 Å². The van der Waals surface area contributed by atoms with Crippen LogP contribution in [0.1, 0.15) is 10.5 Å². The van der Waals surface area contributed by atoms with E-state index < -0.39 is 5.97 Å². The summed E-state index contributed by atoms with van der Waals surface area (Å²) in [4.78, 5) is 15.3. The second kappa shape index (κ2) is 4.99. The third-order valence-corrected chi connectivity index (χ3v) is 3.26. The van der Waals surface area contributed by atoms with Gasteiger partial charge in [0.05, 0.1) is 12.8 Å². The Morgan fingerprint density at radius 1 is 1.56 bits per heavy atom. The Kier molecular flexibility index (Phi) is 3.58. The fourth-order valence-corrected chi connectivity index (χ4v) is 2.08. The van der Waals surface area contributed by atoms with Crippen LogP contribution in [-0.4, -0.2) is 22.6 Å². The Morgan fingerprint density at radius 3 is 2.94 bits per heavy atom. The van der Waals surface area contributed by atoms with Crippen molar-refractivity contribution in [2.24, 2.45) is 0 Å². The molecule has 0 atom stereocenters. The molecule has 0 spiro atoms. The van der Waals surface area contributed by atoms with E-state index in [0.29, 0.717) is 10.7 Å². The SMILES string of the molecule is COC(=O)c1ncn(-c2cc(Cl)ccc2Br)c1N. The molecule has 0 aliphatic heterocycles. The van der Waals surface area contributed by atoms with E-state index in [2.05, 4.69) is 25.7 Å². The largest absolute Gasteiger partial charge is 0.464 e. The van der Waals surface area contributed by atoms with E-state index in [-0.39, 0.29) is 11.5 Å². The summed E-state index contributed by atoms with van der Waals surface area (Å²) in [6.45, 7) is 0. The Balaban J connectivity index is 2.55. The molecule has 5 nitrogen and oxygen atoms in total. The van der Waals surface area contributed by atoms with E-state index in [9.17, 15) is 4.79 Å². The molecule has 0 saturated heterocycles. The van der Waals surface area contributed by atoms with Crippen LogP contribution in [0.25, 0.3) is 5.69 Å². The Morgan fingerprint density at radius 2 is 2.28 bits per heavy atom. The van der Waals surface area contributed by atoms with Crippen LogP contribution in [0.5, 0.6) is 0 Å². The van der Waals surface area contributed by atoms with Crippen LogP contribution in [0.15, 0.2) is 29.0 Å². The van der Waals surface area contributed by atoms with Gasteiger partial charge in [0, 0.05) is 9.50 Å². The average molecular weight is 331 g/mol. The number of nitrogen functional groups attached to an aromatic ring is 1. The zero-order valence-electron chi connectivity index (χ0n) is 9.35. The fraction of sp³-hybridized carbons (Fsp3) is 0.0909. The lowest BCUT2D eigenvalue weighted by atomic mass is 10.3. The summed E-state index contributed by atoms with van der Waals surface area (Å²) in [5.74, 6) is -0.380. The van der Waals surface area contributed by atoms with Crippen LogP contribution in [-0.2, 0) is 4.74 Å². The van der Waals surface area contributed by atoms with Gasteiger partial charge in [-0.1, -0.05) is 11.6 Å². The van der Waals surface area contributed by atoms with Gasteiger partial charge in [-0.25, -0.2) is 9.78 Å². The number of esters is 1. The van der Waals surface area contributed by atoms with Gasteiger partial charge in [-0.05, 0) is 34.1 Å². The van der Waals surface area contributed by atoms with Crippen molar-refractivity contribution in [1.29, 1.82) is 0 Å². The van der Waals surface area contributed by atoms with Gasteiger partial charge in [-0.2, -0.15) is 0 Å². The number of ether oxygens (including phenoxy) is 1. The van der Waals surface area contributed by atoms with E-state index in [4.69, 9.17) is 17.3 Å². The molecule has 18 heavy (non-hydrogen) atoms. The van der Waals surface area contributed by atoms with Crippen molar-refractivity contribution in [3.05, 3.63) is 39.7 Å². The molecule has 0 aliphatic carbocycles. The van der Waals surface area contributed by atoms with E-state index in [0.717, 1.165) is 4.47 Å². The van der Waals surface area contributed by atoms with Gasteiger partial charge in [0.25, 0.3) is 0 Å². The molecule has 7 heteroatoms. The Hall–Kier alpha value is -1.53. The van der Waals surface area contributed by atoms with Crippen LogP contribution in [0.4, 0.5) is 5.82 Å².